The van der Waals surface area contributed by atoms with E-state index >= 15 is 0 Å². The van der Waals surface area contributed by atoms with Crippen LogP contribution >= 0.6 is 22.9 Å². The molecule has 0 aliphatic carbocycles. The first-order valence-corrected chi connectivity index (χ1v) is 7.79. The molecule has 0 fully saturated rings. The van der Waals surface area contributed by atoms with E-state index in [1.54, 1.807) is 22.3 Å². The third-order valence-electron chi connectivity index (χ3n) is 3.00. The van der Waals surface area contributed by atoms with E-state index in [0.717, 1.165) is 23.8 Å². The molecule has 0 spiro atoms. The van der Waals surface area contributed by atoms with E-state index in [0.29, 0.717) is 16.4 Å². The first-order chi connectivity index (χ1) is 11.0. The summed E-state index contributed by atoms with van der Waals surface area (Å²) in [5.41, 5.74) is 0.670. The number of carbonyl (C=O) groups is 1. The fraction of sp³-hybridized carbons (Fsp3) is 0.0667. The topological polar surface area (TPSA) is 46.9 Å². The Hall–Kier alpha value is -2.25. The predicted molar refractivity (Wildman–Crippen MR) is 85.0 cm³/mol. The standard InChI is InChI=1S/C15H10ClF2N3OS/c16-10-5-19-21(7-10)6-9-3-14(23-8-9)15(22)20-13-4-11(17)1-2-12(13)18/h1-5,7-8H,6H2,(H,20,22). The Kier molecular flexibility index (Phi) is 4.40. The van der Waals surface area contributed by atoms with Gasteiger partial charge in [0.25, 0.3) is 5.91 Å². The van der Waals surface area contributed by atoms with Gasteiger partial charge in [-0.05, 0) is 29.1 Å². The van der Waals surface area contributed by atoms with Crippen molar-refractivity contribution in [3.63, 3.8) is 0 Å². The summed E-state index contributed by atoms with van der Waals surface area (Å²) in [7, 11) is 0. The lowest BCUT2D eigenvalue weighted by Gasteiger charge is -2.04. The second-order valence-electron chi connectivity index (χ2n) is 4.75. The van der Waals surface area contributed by atoms with Gasteiger partial charge in [-0.15, -0.1) is 11.3 Å². The maximum Gasteiger partial charge on any atom is 0.265 e. The van der Waals surface area contributed by atoms with Crippen LogP contribution in [0.5, 0.6) is 0 Å². The first-order valence-electron chi connectivity index (χ1n) is 6.53. The van der Waals surface area contributed by atoms with E-state index in [1.807, 2.05) is 0 Å². The van der Waals surface area contributed by atoms with E-state index in [4.69, 9.17) is 11.6 Å². The smallest absolute Gasteiger partial charge is 0.265 e. The van der Waals surface area contributed by atoms with Gasteiger partial charge in [0.05, 0.1) is 28.3 Å². The lowest BCUT2D eigenvalue weighted by Crippen LogP contribution is -2.11. The number of rotatable bonds is 4. The van der Waals surface area contributed by atoms with E-state index in [1.165, 1.54) is 17.5 Å². The molecule has 0 saturated carbocycles. The van der Waals surface area contributed by atoms with E-state index < -0.39 is 17.5 Å². The number of benzene rings is 1. The van der Waals surface area contributed by atoms with Gasteiger partial charge in [0, 0.05) is 12.3 Å². The molecule has 1 N–H and O–H groups in total. The molecule has 23 heavy (non-hydrogen) atoms. The van der Waals surface area contributed by atoms with Crippen molar-refractivity contribution in [2.45, 2.75) is 6.54 Å². The quantitative estimate of drug-likeness (QED) is 0.765. The molecule has 8 heteroatoms. The Balaban J connectivity index is 1.72. The molecule has 1 aromatic carbocycles. The van der Waals surface area contributed by atoms with Gasteiger partial charge in [0.2, 0.25) is 0 Å². The zero-order chi connectivity index (χ0) is 16.4. The van der Waals surface area contributed by atoms with Crippen LogP contribution in [0.25, 0.3) is 0 Å². The average Bonchev–Trinajstić information content (AvgIpc) is 3.13. The van der Waals surface area contributed by atoms with Crippen LogP contribution in [0.1, 0.15) is 15.2 Å². The summed E-state index contributed by atoms with van der Waals surface area (Å²) in [6.07, 6.45) is 3.19. The largest absolute Gasteiger partial charge is 0.319 e. The van der Waals surface area contributed by atoms with E-state index in [2.05, 4.69) is 10.4 Å². The van der Waals surface area contributed by atoms with Crippen LogP contribution in [-0.2, 0) is 6.54 Å². The van der Waals surface area contributed by atoms with Crippen LogP contribution in [0.15, 0.2) is 42.0 Å². The van der Waals surface area contributed by atoms with Gasteiger partial charge in [-0.3, -0.25) is 9.48 Å². The highest BCUT2D eigenvalue weighted by Gasteiger charge is 2.13. The van der Waals surface area contributed by atoms with E-state index in [9.17, 15) is 13.6 Å². The number of halogens is 3. The SMILES string of the molecule is O=C(Nc1cc(F)ccc1F)c1cc(Cn2cc(Cl)cn2)cs1. The molecule has 4 nitrogen and oxygen atoms in total. The molecule has 3 rings (SSSR count). The molecule has 0 bridgehead atoms. The number of thiophene rings is 1. The highest BCUT2D eigenvalue weighted by molar-refractivity contribution is 7.12. The van der Waals surface area contributed by atoms with Crippen molar-refractivity contribution < 1.29 is 13.6 Å². The average molecular weight is 354 g/mol. The number of anilines is 1. The van der Waals surface area contributed by atoms with E-state index in [-0.39, 0.29) is 5.69 Å². The number of nitrogens with zero attached hydrogens (tertiary/aromatic N) is 2. The molecule has 2 aromatic heterocycles. The monoisotopic (exact) mass is 353 g/mol. The van der Waals surface area contributed by atoms with Gasteiger partial charge in [0.15, 0.2) is 0 Å². The molecule has 0 radical (unpaired) electrons. The Morgan fingerprint density at radius 2 is 2.17 bits per heavy atom. The second-order valence-corrected chi connectivity index (χ2v) is 6.10. The molecule has 2 heterocycles. The fourth-order valence-corrected chi connectivity index (χ4v) is 2.92. The molecule has 3 aromatic rings. The van der Waals surface area contributed by atoms with Gasteiger partial charge in [-0.1, -0.05) is 11.6 Å². The maximum atomic E-state index is 13.5. The number of amides is 1. The Morgan fingerprint density at radius 3 is 2.91 bits per heavy atom. The maximum absolute atomic E-state index is 13.5. The lowest BCUT2D eigenvalue weighted by atomic mass is 10.2. The summed E-state index contributed by atoms with van der Waals surface area (Å²) in [6.45, 7) is 0.463. The first kappa shape index (κ1) is 15.6. The number of carbonyl (C=O) groups excluding carboxylic acids is 1. The zero-order valence-corrected chi connectivity index (χ0v) is 13.2. The minimum absolute atomic E-state index is 0.191. The normalized spacial score (nSPS) is 10.7. The van der Waals surface area contributed by atoms with Gasteiger partial charge in [0.1, 0.15) is 11.6 Å². The number of hydrogen-bond donors (Lipinski definition) is 1. The molecular formula is C15H10ClF2N3OS. The Bertz CT molecular complexity index is 862. The van der Waals surface area contributed by atoms with Crippen molar-refractivity contribution in [3.05, 3.63) is 69.1 Å². The molecule has 0 unspecified atom stereocenters. The molecule has 0 aliphatic rings. The summed E-state index contributed by atoms with van der Waals surface area (Å²) in [5.74, 6) is -1.81. The molecule has 0 aliphatic heterocycles. The molecule has 118 valence electrons. The minimum Gasteiger partial charge on any atom is -0.319 e. The third kappa shape index (κ3) is 3.75. The van der Waals surface area contributed by atoms with Crippen molar-refractivity contribution in [1.29, 1.82) is 0 Å². The van der Waals surface area contributed by atoms with Gasteiger partial charge in [-0.2, -0.15) is 5.10 Å². The summed E-state index contributed by atoms with van der Waals surface area (Å²) >= 11 is 7.00. The Morgan fingerprint density at radius 1 is 1.35 bits per heavy atom. The number of aromatic nitrogens is 2. The number of hydrogen-bond acceptors (Lipinski definition) is 3. The van der Waals surface area contributed by atoms with Crippen LogP contribution in [0.4, 0.5) is 14.5 Å². The van der Waals surface area contributed by atoms with Gasteiger partial charge < -0.3 is 5.32 Å². The van der Waals surface area contributed by atoms with Crippen LogP contribution in [-0.4, -0.2) is 15.7 Å². The number of nitrogens with one attached hydrogen (secondary N) is 1. The van der Waals surface area contributed by atoms with Crippen molar-refractivity contribution in [1.82, 2.24) is 9.78 Å². The molecular weight excluding hydrogens is 344 g/mol. The van der Waals surface area contributed by atoms with Crippen molar-refractivity contribution >= 4 is 34.5 Å². The highest BCUT2D eigenvalue weighted by atomic mass is 35.5. The van der Waals surface area contributed by atoms with Crippen molar-refractivity contribution in [2.24, 2.45) is 0 Å². The summed E-state index contributed by atoms with van der Waals surface area (Å²) in [6, 6.07) is 4.57. The van der Waals surface area contributed by atoms with Crippen molar-refractivity contribution in [2.75, 3.05) is 5.32 Å². The minimum atomic E-state index is -0.692. The van der Waals surface area contributed by atoms with Crippen molar-refractivity contribution in [3.8, 4) is 0 Å². The van der Waals surface area contributed by atoms with Crippen LogP contribution < -0.4 is 5.32 Å². The summed E-state index contributed by atoms with van der Waals surface area (Å²) < 4.78 is 28.3. The second kappa shape index (κ2) is 6.47. The summed E-state index contributed by atoms with van der Waals surface area (Å²) in [5, 5.41) is 8.74. The van der Waals surface area contributed by atoms with Gasteiger partial charge in [-0.25, -0.2) is 8.78 Å². The van der Waals surface area contributed by atoms with Gasteiger partial charge >= 0.3 is 0 Å². The predicted octanol–water partition coefficient (Wildman–Crippen LogP) is 4.18. The third-order valence-corrected chi connectivity index (χ3v) is 4.17. The van der Waals surface area contributed by atoms with Crippen LogP contribution in [0.3, 0.4) is 0 Å². The molecule has 0 saturated heterocycles. The molecule has 1 amide bonds. The van der Waals surface area contributed by atoms with Crippen LogP contribution in [0.2, 0.25) is 5.02 Å². The summed E-state index contributed by atoms with van der Waals surface area (Å²) in [4.78, 5) is 12.5. The highest BCUT2D eigenvalue weighted by Crippen LogP contribution is 2.20. The van der Waals surface area contributed by atoms with Crippen LogP contribution in [0, 0.1) is 11.6 Å². The Labute approximate surface area is 139 Å². The fourth-order valence-electron chi connectivity index (χ4n) is 1.97. The lowest BCUT2D eigenvalue weighted by molar-refractivity contribution is 0.103. The molecule has 0 atom stereocenters. The zero-order valence-electron chi connectivity index (χ0n) is 11.6.